The molecule has 1 amide bonds. The minimum Gasteiger partial charge on any atom is -0.493 e. The molecule has 6 nitrogen and oxygen atoms in total. The van der Waals surface area contributed by atoms with Gasteiger partial charge in [-0.3, -0.25) is 9.69 Å². The van der Waals surface area contributed by atoms with Crippen molar-refractivity contribution in [2.24, 2.45) is 11.3 Å². The van der Waals surface area contributed by atoms with Gasteiger partial charge in [-0.2, -0.15) is 0 Å². The molecule has 6 atom stereocenters. The molecular formula is C33H38N2O4. The summed E-state index contributed by atoms with van der Waals surface area (Å²) in [5.74, 6) is 2.62. The number of likely N-dealkylation sites (tertiary alicyclic amines) is 1. The van der Waals surface area contributed by atoms with Crippen LogP contribution in [0.3, 0.4) is 0 Å². The van der Waals surface area contributed by atoms with Gasteiger partial charge in [0.25, 0.3) is 0 Å². The lowest BCUT2D eigenvalue weighted by atomic mass is 9.38. The number of amides is 1. The zero-order chi connectivity index (χ0) is 26.4. The molecule has 0 aromatic heterocycles. The lowest BCUT2D eigenvalue weighted by Crippen LogP contribution is -2.82. The maximum atomic E-state index is 13.4. The van der Waals surface area contributed by atoms with Gasteiger partial charge in [0.1, 0.15) is 11.7 Å². The first-order valence-electron chi connectivity index (χ1n) is 14.7. The van der Waals surface area contributed by atoms with Crippen LogP contribution in [0.5, 0.6) is 11.5 Å². The summed E-state index contributed by atoms with van der Waals surface area (Å²) in [7, 11) is 3.52. The van der Waals surface area contributed by atoms with Crippen LogP contribution in [0.2, 0.25) is 0 Å². The Morgan fingerprint density at radius 1 is 1.13 bits per heavy atom. The fourth-order valence-corrected chi connectivity index (χ4v) is 9.26. The topological polar surface area (TPSA) is 60.0 Å². The van der Waals surface area contributed by atoms with E-state index in [1.807, 2.05) is 18.2 Å². The van der Waals surface area contributed by atoms with Gasteiger partial charge in [0.15, 0.2) is 11.5 Å². The van der Waals surface area contributed by atoms with E-state index < -0.39 is 5.60 Å². The van der Waals surface area contributed by atoms with Crippen LogP contribution < -0.4 is 14.8 Å². The highest BCUT2D eigenvalue weighted by atomic mass is 16.6. The maximum absolute atomic E-state index is 13.4. The largest absolute Gasteiger partial charge is 0.493 e. The van der Waals surface area contributed by atoms with Crippen LogP contribution in [0, 0.1) is 11.3 Å². The SMILES string of the molecule is COc1ccc2c3c1OC1[C@@]4(OC)C=C[C@@]5(CC4NC(=O)CCc4ccccc4)[C@@H](C2)N(CC2CC2)CC[C@]315. The first kappa shape index (κ1) is 24.0. The van der Waals surface area contributed by atoms with Gasteiger partial charge < -0.3 is 19.5 Å². The highest BCUT2D eigenvalue weighted by Crippen LogP contribution is 2.73. The lowest BCUT2D eigenvalue weighted by molar-refractivity contribution is -0.203. The highest BCUT2D eigenvalue weighted by molar-refractivity contribution is 5.77. The number of fused-ring (bicyclic) bond motifs is 1. The van der Waals surface area contributed by atoms with Crippen LogP contribution in [-0.2, 0) is 27.8 Å². The molecule has 39 heavy (non-hydrogen) atoms. The van der Waals surface area contributed by atoms with Crippen LogP contribution in [0.25, 0.3) is 0 Å². The Kier molecular flexibility index (Phi) is 5.13. The number of carbonyl (C=O) groups excluding carboxylic acids is 1. The molecule has 9 rings (SSSR count). The number of ether oxygens (including phenoxy) is 3. The van der Waals surface area contributed by atoms with Crippen molar-refractivity contribution in [2.75, 3.05) is 27.3 Å². The second-order valence-corrected chi connectivity index (χ2v) is 12.7. The molecule has 2 aromatic rings. The summed E-state index contributed by atoms with van der Waals surface area (Å²) in [6.07, 6.45) is 11.4. The molecular weight excluding hydrogens is 488 g/mol. The predicted molar refractivity (Wildman–Crippen MR) is 148 cm³/mol. The van der Waals surface area contributed by atoms with Crippen LogP contribution in [0.1, 0.15) is 48.8 Å². The average molecular weight is 527 g/mol. The van der Waals surface area contributed by atoms with Gasteiger partial charge in [0, 0.05) is 37.1 Å². The van der Waals surface area contributed by atoms with Crippen molar-refractivity contribution in [1.29, 1.82) is 0 Å². The van der Waals surface area contributed by atoms with Crippen molar-refractivity contribution in [3.63, 3.8) is 0 Å². The van der Waals surface area contributed by atoms with Crippen LogP contribution in [-0.4, -0.2) is 61.9 Å². The molecule has 7 aliphatic rings. The molecule has 2 unspecified atom stereocenters. The van der Waals surface area contributed by atoms with Crippen LogP contribution in [0.15, 0.2) is 54.6 Å². The second-order valence-electron chi connectivity index (χ2n) is 12.7. The van der Waals surface area contributed by atoms with E-state index in [1.54, 1.807) is 14.2 Å². The van der Waals surface area contributed by atoms with Crippen molar-refractivity contribution in [3.8, 4) is 11.5 Å². The van der Waals surface area contributed by atoms with E-state index in [9.17, 15) is 4.79 Å². The standard InChI is InChI=1S/C33H38N2O4/c1-37-24-12-11-23-18-26-31-14-15-33(38-2,25(19-31)34-27(36)13-10-21-6-4-3-5-7-21)30-32(31,28(23)29(24)39-30)16-17-35(26)20-22-8-9-22/h3-7,11-12,14-15,22,25-26,30H,8-10,13,16-20H2,1-2H3,(H,34,36)/t25?,26-,30?,31-,32+,33-/m1/s1. The predicted octanol–water partition coefficient (Wildman–Crippen LogP) is 4.20. The van der Waals surface area contributed by atoms with Crippen LogP contribution in [0.4, 0.5) is 0 Å². The molecule has 1 N–H and O–H groups in total. The smallest absolute Gasteiger partial charge is 0.220 e. The fraction of sp³-hybridized carbons (Fsp3) is 0.545. The number of nitrogens with zero attached hydrogens (tertiary/aromatic N) is 1. The van der Waals surface area contributed by atoms with Crippen LogP contribution >= 0.6 is 0 Å². The van der Waals surface area contributed by atoms with Crippen molar-refractivity contribution >= 4 is 5.91 Å². The number of nitrogens with one attached hydrogen (secondary N) is 1. The monoisotopic (exact) mass is 526 g/mol. The number of aryl methyl sites for hydroxylation is 1. The van der Waals surface area contributed by atoms with E-state index in [0.717, 1.165) is 49.6 Å². The van der Waals surface area contributed by atoms with E-state index in [1.165, 1.54) is 36.1 Å². The quantitative estimate of drug-likeness (QED) is 0.523. The molecule has 2 aromatic carbocycles. The number of hydrogen-bond acceptors (Lipinski definition) is 5. The molecule has 1 saturated heterocycles. The first-order chi connectivity index (χ1) is 19.0. The van der Waals surface area contributed by atoms with Gasteiger partial charge in [-0.25, -0.2) is 0 Å². The molecule has 2 aliphatic heterocycles. The molecule has 6 heteroatoms. The summed E-state index contributed by atoms with van der Waals surface area (Å²) in [5, 5.41) is 3.47. The third-order valence-electron chi connectivity index (χ3n) is 11.1. The fourth-order valence-electron chi connectivity index (χ4n) is 9.26. The minimum absolute atomic E-state index is 0.0799. The van der Waals surface area contributed by atoms with E-state index in [-0.39, 0.29) is 28.9 Å². The van der Waals surface area contributed by atoms with E-state index in [2.05, 4.69) is 46.6 Å². The van der Waals surface area contributed by atoms with Gasteiger partial charge in [-0.15, -0.1) is 0 Å². The normalized spacial score (nSPS) is 36.8. The summed E-state index contributed by atoms with van der Waals surface area (Å²) in [6.45, 7) is 2.27. The molecule has 4 bridgehead atoms. The number of rotatable bonds is 8. The summed E-state index contributed by atoms with van der Waals surface area (Å²) < 4.78 is 19.3. The Balaban J connectivity index is 1.20. The van der Waals surface area contributed by atoms with Gasteiger partial charge in [-0.05, 0) is 68.2 Å². The van der Waals surface area contributed by atoms with E-state index in [0.29, 0.717) is 12.5 Å². The van der Waals surface area contributed by atoms with Gasteiger partial charge in [-0.1, -0.05) is 48.6 Å². The molecule has 2 spiro atoms. The zero-order valence-corrected chi connectivity index (χ0v) is 22.9. The van der Waals surface area contributed by atoms with Crippen molar-refractivity contribution in [2.45, 2.75) is 74.1 Å². The molecule has 2 saturated carbocycles. The molecule has 0 radical (unpaired) electrons. The van der Waals surface area contributed by atoms with Crippen molar-refractivity contribution in [1.82, 2.24) is 10.2 Å². The average Bonchev–Trinajstić information content (AvgIpc) is 3.71. The summed E-state index contributed by atoms with van der Waals surface area (Å²) in [6, 6.07) is 14.8. The van der Waals surface area contributed by atoms with E-state index >= 15 is 0 Å². The number of benzene rings is 2. The number of hydrogen-bond donors (Lipinski definition) is 1. The number of piperidine rings is 1. The number of methoxy groups -OCH3 is 2. The Morgan fingerprint density at radius 2 is 1.97 bits per heavy atom. The summed E-state index contributed by atoms with van der Waals surface area (Å²) in [5.41, 5.74) is 2.92. The van der Waals surface area contributed by atoms with Crippen molar-refractivity contribution in [3.05, 3.63) is 71.3 Å². The Labute approximate surface area is 230 Å². The minimum atomic E-state index is -0.730. The summed E-state index contributed by atoms with van der Waals surface area (Å²) >= 11 is 0. The number of carbonyl (C=O) groups is 1. The second kappa shape index (κ2) is 8.34. The van der Waals surface area contributed by atoms with Gasteiger partial charge >= 0.3 is 0 Å². The highest BCUT2D eigenvalue weighted by Gasteiger charge is 2.79. The maximum Gasteiger partial charge on any atom is 0.220 e. The van der Waals surface area contributed by atoms with Gasteiger partial charge in [0.05, 0.1) is 18.6 Å². The third-order valence-corrected chi connectivity index (χ3v) is 11.1. The molecule has 2 heterocycles. The van der Waals surface area contributed by atoms with Gasteiger partial charge in [0.2, 0.25) is 5.91 Å². The Hall–Kier alpha value is -2.83. The zero-order valence-electron chi connectivity index (χ0n) is 22.9. The summed E-state index contributed by atoms with van der Waals surface area (Å²) in [4.78, 5) is 16.2. The lowest BCUT2D eigenvalue weighted by Gasteiger charge is -2.71. The molecule has 204 valence electrons. The first-order valence-corrected chi connectivity index (χ1v) is 14.7. The van der Waals surface area contributed by atoms with E-state index in [4.69, 9.17) is 14.2 Å². The Bertz CT molecular complexity index is 1350. The Morgan fingerprint density at radius 3 is 2.74 bits per heavy atom. The third kappa shape index (κ3) is 3.08. The molecule has 5 aliphatic carbocycles. The molecule has 3 fully saturated rings. The van der Waals surface area contributed by atoms with Crippen molar-refractivity contribution < 1.29 is 19.0 Å².